The summed E-state index contributed by atoms with van der Waals surface area (Å²) < 4.78 is 16.1. The zero-order valence-electron chi connectivity index (χ0n) is 22.2. The van der Waals surface area contributed by atoms with Crippen molar-refractivity contribution in [3.05, 3.63) is 128 Å². The van der Waals surface area contributed by atoms with E-state index in [1.807, 2.05) is 12.1 Å². The van der Waals surface area contributed by atoms with Crippen LogP contribution < -0.4 is 15.5 Å². The van der Waals surface area contributed by atoms with Crippen molar-refractivity contribution in [2.45, 2.75) is 16.6 Å². The zero-order chi connectivity index (χ0) is 30.5. The van der Waals surface area contributed by atoms with Crippen molar-refractivity contribution in [3.63, 3.8) is 0 Å². The molecule has 0 spiro atoms. The largest absolute Gasteiger partial charge is 0.321 e. The monoisotopic (exact) mass is 769 g/mol. The van der Waals surface area contributed by atoms with Gasteiger partial charge >= 0.3 is 0 Å². The molecule has 216 valence electrons. The molecule has 0 bridgehead atoms. The summed E-state index contributed by atoms with van der Waals surface area (Å²) in [6, 6.07) is 26.6. The third kappa shape index (κ3) is 7.59. The molecule has 7 nitrogen and oxygen atoms in total. The fourth-order valence-corrected chi connectivity index (χ4v) is 6.02. The second-order valence-corrected chi connectivity index (χ2v) is 12.8. The van der Waals surface area contributed by atoms with E-state index < -0.39 is 22.9 Å². The lowest BCUT2D eigenvalue weighted by atomic mass is 10.1. The van der Waals surface area contributed by atoms with Gasteiger partial charge in [-0.05, 0) is 101 Å². The van der Waals surface area contributed by atoms with E-state index in [9.17, 15) is 23.6 Å². The zero-order valence-corrected chi connectivity index (χ0v) is 26.8. The molecule has 5 rings (SSSR count). The molecule has 0 aromatic heterocycles. The van der Waals surface area contributed by atoms with Crippen LogP contribution in [0.1, 0.15) is 22.3 Å². The van der Waals surface area contributed by atoms with Crippen LogP contribution in [0, 0.1) is 9.39 Å². The van der Waals surface area contributed by atoms with E-state index in [0.29, 0.717) is 21.8 Å². The molecule has 0 aliphatic carbocycles. The second-order valence-electron chi connectivity index (χ2n) is 9.38. The van der Waals surface area contributed by atoms with Gasteiger partial charge in [0.25, 0.3) is 11.8 Å². The molecule has 4 aromatic rings. The van der Waals surface area contributed by atoms with Crippen molar-refractivity contribution in [2.75, 3.05) is 10.2 Å². The molecule has 1 heterocycles. The van der Waals surface area contributed by atoms with Gasteiger partial charge in [-0.25, -0.2) is 9.29 Å². The summed E-state index contributed by atoms with van der Waals surface area (Å²) in [5.41, 5.74) is 1.27. The van der Waals surface area contributed by atoms with Crippen molar-refractivity contribution in [1.82, 2.24) is 5.32 Å². The number of nitrogens with zero attached hydrogens (tertiary/aromatic N) is 1. The topological polar surface area (TPSA) is 95.6 Å². The van der Waals surface area contributed by atoms with E-state index in [4.69, 9.17) is 0 Å². The van der Waals surface area contributed by atoms with Crippen LogP contribution in [0.25, 0.3) is 6.08 Å². The molecule has 4 aromatic carbocycles. The summed E-state index contributed by atoms with van der Waals surface area (Å²) in [4.78, 5) is 54.0. The molecule has 11 heteroatoms. The number of carbonyl (C=O) groups excluding carboxylic acids is 4. The Kier molecular flexibility index (Phi) is 9.73. The van der Waals surface area contributed by atoms with Gasteiger partial charge in [-0.1, -0.05) is 46.3 Å². The molecule has 1 aliphatic heterocycles. The van der Waals surface area contributed by atoms with E-state index in [-0.39, 0.29) is 29.5 Å². The summed E-state index contributed by atoms with van der Waals surface area (Å²) >= 11 is 6.76. The van der Waals surface area contributed by atoms with Crippen LogP contribution in [0.3, 0.4) is 0 Å². The first-order valence-electron chi connectivity index (χ1n) is 12.9. The van der Waals surface area contributed by atoms with Gasteiger partial charge in [-0.2, -0.15) is 0 Å². The number of benzene rings is 4. The SMILES string of the molecule is O=C(Nc1cccc(SC2CC(=O)N(c3ccc(I)cc3)C2=O)c1)C(=Cc1ccc(Br)cc1)NC(=O)c1ccccc1F. The summed E-state index contributed by atoms with van der Waals surface area (Å²) in [5.74, 6) is -2.70. The molecule has 2 N–H and O–H groups in total. The Morgan fingerprint density at radius 3 is 2.40 bits per heavy atom. The van der Waals surface area contributed by atoms with Gasteiger partial charge in [0.2, 0.25) is 11.8 Å². The quantitative estimate of drug-likeness (QED) is 0.114. The highest BCUT2D eigenvalue weighted by atomic mass is 127. The molecular weight excluding hydrogens is 748 g/mol. The number of halogens is 3. The third-order valence-electron chi connectivity index (χ3n) is 6.35. The lowest BCUT2D eigenvalue weighted by Gasteiger charge is -2.15. The van der Waals surface area contributed by atoms with Crippen LogP contribution in [-0.2, 0) is 14.4 Å². The average molecular weight is 770 g/mol. The van der Waals surface area contributed by atoms with E-state index in [1.54, 1.807) is 60.7 Å². The summed E-state index contributed by atoms with van der Waals surface area (Å²) in [5, 5.41) is 4.68. The maximum Gasteiger partial charge on any atom is 0.272 e. The molecule has 1 atom stereocenters. The number of amides is 4. The standard InChI is InChI=1S/C32H22BrFIN3O4S/c33-20-10-8-19(9-11-20)16-27(37-30(40)25-6-1-2-7-26(25)34)31(41)36-22-4-3-5-24(17-22)43-28-18-29(39)38(32(28)42)23-14-12-21(35)13-15-23/h1-17,28H,18H2,(H,36,41)(H,37,40). The maximum atomic E-state index is 14.3. The first kappa shape index (κ1) is 30.6. The Balaban J connectivity index is 1.33. The number of hydrogen-bond donors (Lipinski definition) is 2. The number of thioether (sulfide) groups is 1. The summed E-state index contributed by atoms with van der Waals surface area (Å²) in [6.07, 6.45) is 1.54. The Hall–Kier alpha value is -3.81. The first-order valence-corrected chi connectivity index (χ1v) is 15.7. The predicted octanol–water partition coefficient (Wildman–Crippen LogP) is 7.03. The number of hydrogen-bond acceptors (Lipinski definition) is 5. The van der Waals surface area contributed by atoms with Crippen LogP contribution in [0.15, 0.2) is 112 Å². The highest BCUT2D eigenvalue weighted by Crippen LogP contribution is 2.35. The highest BCUT2D eigenvalue weighted by Gasteiger charge is 2.40. The Morgan fingerprint density at radius 1 is 0.953 bits per heavy atom. The highest BCUT2D eigenvalue weighted by molar-refractivity contribution is 14.1. The van der Waals surface area contributed by atoms with Gasteiger partial charge < -0.3 is 10.6 Å². The molecule has 1 saturated heterocycles. The van der Waals surface area contributed by atoms with Gasteiger partial charge in [0.1, 0.15) is 11.5 Å². The molecule has 43 heavy (non-hydrogen) atoms. The van der Waals surface area contributed by atoms with Crippen molar-refractivity contribution in [1.29, 1.82) is 0 Å². The Bertz CT molecular complexity index is 1750. The normalized spacial score (nSPS) is 15.0. The molecule has 1 fully saturated rings. The number of rotatable bonds is 8. The number of carbonyl (C=O) groups is 4. The van der Waals surface area contributed by atoms with Crippen molar-refractivity contribution in [2.24, 2.45) is 0 Å². The van der Waals surface area contributed by atoms with E-state index >= 15 is 0 Å². The Morgan fingerprint density at radius 2 is 1.67 bits per heavy atom. The molecular formula is C32H22BrFIN3O4S. The van der Waals surface area contributed by atoms with E-state index in [2.05, 4.69) is 49.2 Å². The fourth-order valence-electron chi connectivity index (χ4n) is 4.29. The number of nitrogens with one attached hydrogen (secondary N) is 2. The number of anilines is 2. The lowest BCUT2D eigenvalue weighted by Crippen LogP contribution is -2.31. The van der Waals surface area contributed by atoms with E-state index in [1.165, 1.54) is 47.0 Å². The molecule has 4 amide bonds. The molecule has 0 saturated carbocycles. The van der Waals surface area contributed by atoms with Crippen molar-refractivity contribution < 1.29 is 23.6 Å². The minimum atomic E-state index is -0.775. The fraction of sp³-hybridized carbons (Fsp3) is 0.0625. The maximum absolute atomic E-state index is 14.3. The van der Waals surface area contributed by atoms with Crippen molar-refractivity contribution in [3.8, 4) is 0 Å². The van der Waals surface area contributed by atoms with Gasteiger partial charge in [-0.3, -0.25) is 19.2 Å². The van der Waals surface area contributed by atoms with Crippen LogP contribution in [0.5, 0.6) is 0 Å². The van der Waals surface area contributed by atoms with E-state index in [0.717, 1.165) is 8.04 Å². The van der Waals surface area contributed by atoms with Crippen molar-refractivity contribution >= 4 is 91.4 Å². The predicted molar refractivity (Wildman–Crippen MR) is 177 cm³/mol. The van der Waals surface area contributed by atoms with Crippen LogP contribution in [-0.4, -0.2) is 28.9 Å². The van der Waals surface area contributed by atoms with Crippen LogP contribution >= 0.6 is 50.3 Å². The van der Waals surface area contributed by atoms with Gasteiger partial charge in [0.05, 0.1) is 16.5 Å². The smallest absolute Gasteiger partial charge is 0.272 e. The average Bonchev–Trinajstić information content (AvgIpc) is 3.26. The first-order chi connectivity index (χ1) is 20.7. The molecule has 1 aliphatic rings. The van der Waals surface area contributed by atoms with Crippen LogP contribution in [0.2, 0.25) is 0 Å². The lowest BCUT2D eigenvalue weighted by molar-refractivity contribution is -0.121. The van der Waals surface area contributed by atoms with Crippen LogP contribution in [0.4, 0.5) is 15.8 Å². The number of imide groups is 1. The Labute approximate surface area is 273 Å². The van der Waals surface area contributed by atoms with Gasteiger partial charge in [-0.15, -0.1) is 11.8 Å². The minimum absolute atomic E-state index is 0.0498. The summed E-state index contributed by atoms with van der Waals surface area (Å²) in [6.45, 7) is 0. The van der Waals surface area contributed by atoms with Gasteiger partial charge in [0.15, 0.2) is 0 Å². The molecule has 0 radical (unpaired) electrons. The third-order valence-corrected chi connectivity index (χ3v) is 8.78. The minimum Gasteiger partial charge on any atom is -0.321 e. The second kappa shape index (κ2) is 13.7. The van der Waals surface area contributed by atoms with Gasteiger partial charge in [0, 0.05) is 25.0 Å². The summed E-state index contributed by atoms with van der Waals surface area (Å²) in [7, 11) is 0. The molecule has 1 unspecified atom stereocenters.